The van der Waals surface area contributed by atoms with Crippen molar-refractivity contribution in [3.05, 3.63) is 51.7 Å². The van der Waals surface area contributed by atoms with Crippen LogP contribution in [0.2, 0.25) is 0 Å². The van der Waals surface area contributed by atoms with Gasteiger partial charge in [0.2, 0.25) is 0 Å². The normalized spacial score (nSPS) is 10.1. The summed E-state index contributed by atoms with van der Waals surface area (Å²) in [7, 11) is 0. The number of benzene rings is 1. The second kappa shape index (κ2) is 7.23. The Bertz CT molecular complexity index is 601. The van der Waals surface area contributed by atoms with E-state index in [1.807, 2.05) is 24.3 Å². The van der Waals surface area contributed by atoms with Crippen LogP contribution in [0.15, 0.2) is 42.6 Å². The van der Waals surface area contributed by atoms with Crippen LogP contribution >= 0.6 is 22.6 Å². The van der Waals surface area contributed by atoms with Gasteiger partial charge in [-0.15, -0.1) is 0 Å². The zero-order chi connectivity index (χ0) is 14.4. The van der Waals surface area contributed by atoms with Crippen LogP contribution in [0, 0.1) is 3.57 Å². The molecule has 0 spiro atoms. The average Bonchev–Trinajstić information content (AvgIpc) is 2.47. The van der Waals surface area contributed by atoms with Crippen molar-refractivity contribution in [3.8, 4) is 0 Å². The van der Waals surface area contributed by atoms with Gasteiger partial charge in [0.05, 0.1) is 11.3 Å². The molecule has 104 valence electrons. The highest BCUT2D eigenvalue weighted by molar-refractivity contribution is 14.1. The first-order valence-electron chi connectivity index (χ1n) is 6.47. The molecule has 0 saturated carbocycles. The Morgan fingerprint density at radius 3 is 2.80 bits per heavy atom. The highest BCUT2D eigenvalue weighted by atomic mass is 127. The van der Waals surface area contributed by atoms with E-state index in [0.717, 1.165) is 22.2 Å². The lowest BCUT2D eigenvalue weighted by Gasteiger charge is -2.11. The number of nitrogens with one attached hydrogen (secondary N) is 2. The number of amides is 1. The summed E-state index contributed by atoms with van der Waals surface area (Å²) in [6.45, 7) is 2.86. The number of halogens is 1. The van der Waals surface area contributed by atoms with Gasteiger partial charge in [0, 0.05) is 16.3 Å². The molecule has 2 aromatic rings. The third kappa shape index (κ3) is 3.69. The van der Waals surface area contributed by atoms with Crippen LogP contribution in [0.4, 0.5) is 11.5 Å². The summed E-state index contributed by atoms with van der Waals surface area (Å²) < 4.78 is 1.01. The summed E-state index contributed by atoms with van der Waals surface area (Å²) in [5.41, 5.74) is 1.36. The van der Waals surface area contributed by atoms with Crippen molar-refractivity contribution >= 4 is 40.0 Å². The lowest BCUT2D eigenvalue weighted by atomic mass is 10.2. The van der Waals surface area contributed by atoms with Gasteiger partial charge in [0.25, 0.3) is 5.91 Å². The Morgan fingerprint density at radius 2 is 2.05 bits per heavy atom. The zero-order valence-electron chi connectivity index (χ0n) is 11.2. The molecule has 0 fully saturated rings. The minimum absolute atomic E-state index is 0.152. The van der Waals surface area contributed by atoms with Crippen LogP contribution in [-0.2, 0) is 0 Å². The topological polar surface area (TPSA) is 54.0 Å². The Morgan fingerprint density at radius 1 is 1.25 bits per heavy atom. The summed E-state index contributed by atoms with van der Waals surface area (Å²) in [5.74, 6) is 0.471. The van der Waals surface area contributed by atoms with E-state index in [9.17, 15) is 4.79 Å². The molecule has 0 aliphatic carbocycles. The smallest absolute Gasteiger partial charge is 0.259 e. The van der Waals surface area contributed by atoms with Gasteiger partial charge < -0.3 is 10.6 Å². The fourth-order valence-corrected chi connectivity index (χ4v) is 2.25. The van der Waals surface area contributed by atoms with Gasteiger partial charge >= 0.3 is 0 Å². The minimum Gasteiger partial charge on any atom is -0.369 e. The second-order valence-corrected chi connectivity index (χ2v) is 5.42. The SMILES string of the molecule is CCCNc1ncccc1C(=O)Nc1ccccc1I. The number of carbonyl (C=O) groups excluding carboxylic acids is 1. The van der Waals surface area contributed by atoms with E-state index in [0.29, 0.717) is 11.4 Å². The summed E-state index contributed by atoms with van der Waals surface area (Å²) in [5, 5.41) is 6.09. The Kier molecular flexibility index (Phi) is 5.34. The molecule has 0 radical (unpaired) electrons. The molecule has 20 heavy (non-hydrogen) atoms. The van der Waals surface area contributed by atoms with Crippen LogP contribution in [0.3, 0.4) is 0 Å². The maximum atomic E-state index is 12.4. The fourth-order valence-electron chi connectivity index (χ4n) is 1.73. The molecule has 1 aromatic heterocycles. The predicted molar refractivity (Wildman–Crippen MR) is 90.1 cm³/mol. The number of hydrogen-bond donors (Lipinski definition) is 2. The van der Waals surface area contributed by atoms with E-state index in [1.165, 1.54) is 0 Å². The van der Waals surface area contributed by atoms with Crippen LogP contribution in [0.25, 0.3) is 0 Å². The van der Waals surface area contributed by atoms with Crippen molar-refractivity contribution in [2.75, 3.05) is 17.2 Å². The highest BCUT2D eigenvalue weighted by Gasteiger charge is 2.13. The number of hydrogen-bond acceptors (Lipinski definition) is 3. The molecule has 2 rings (SSSR count). The molecule has 4 nitrogen and oxygen atoms in total. The molecule has 1 aromatic carbocycles. The molecule has 2 N–H and O–H groups in total. The van der Waals surface area contributed by atoms with Crippen molar-refractivity contribution in [1.29, 1.82) is 0 Å². The van der Waals surface area contributed by atoms with Gasteiger partial charge in [-0.2, -0.15) is 0 Å². The largest absolute Gasteiger partial charge is 0.369 e. The number of aromatic nitrogens is 1. The molecule has 5 heteroatoms. The van der Waals surface area contributed by atoms with Crippen molar-refractivity contribution in [2.24, 2.45) is 0 Å². The number of para-hydroxylation sites is 1. The molecule has 1 amide bonds. The highest BCUT2D eigenvalue weighted by Crippen LogP contribution is 2.19. The Hall–Kier alpha value is -1.63. The van der Waals surface area contributed by atoms with Crippen molar-refractivity contribution < 1.29 is 4.79 Å². The number of pyridine rings is 1. The summed E-state index contributed by atoms with van der Waals surface area (Å²) in [4.78, 5) is 16.6. The Labute approximate surface area is 132 Å². The van der Waals surface area contributed by atoms with E-state index in [1.54, 1.807) is 18.3 Å². The standard InChI is InChI=1S/C15H16IN3O/c1-2-9-17-14-11(6-5-10-18-14)15(20)19-13-8-4-3-7-12(13)16/h3-8,10H,2,9H2,1H3,(H,17,18)(H,19,20). The molecule has 0 aliphatic rings. The molecule has 0 saturated heterocycles. The van der Waals surface area contributed by atoms with Gasteiger partial charge in [-0.3, -0.25) is 4.79 Å². The van der Waals surface area contributed by atoms with Crippen molar-refractivity contribution in [3.63, 3.8) is 0 Å². The van der Waals surface area contributed by atoms with E-state index < -0.39 is 0 Å². The van der Waals surface area contributed by atoms with Crippen LogP contribution in [-0.4, -0.2) is 17.4 Å². The molecule has 0 atom stereocenters. The maximum Gasteiger partial charge on any atom is 0.259 e. The van der Waals surface area contributed by atoms with E-state index in [2.05, 4.69) is 45.1 Å². The monoisotopic (exact) mass is 381 g/mol. The first-order chi connectivity index (χ1) is 9.72. The maximum absolute atomic E-state index is 12.4. The molecule has 0 bridgehead atoms. The first kappa shape index (κ1) is 14.8. The minimum atomic E-state index is -0.152. The fraction of sp³-hybridized carbons (Fsp3) is 0.200. The van der Waals surface area contributed by atoms with E-state index in [-0.39, 0.29) is 5.91 Å². The van der Waals surface area contributed by atoms with Crippen LogP contribution in [0.5, 0.6) is 0 Å². The quantitative estimate of drug-likeness (QED) is 0.776. The van der Waals surface area contributed by atoms with Gasteiger partial charge in [0.15, 0.2) is 0 Å². The molecule has 1 heterocycles. The van der Waals surface area contributed by atoms with Gasteiger partial charge in [0.1, 0.15) is 5.82 Å². The van der Waals surface area contributed by atoms with Gasteiger partial charge in [-0.25, -0.2) is 4.98 Å². The lowest BCUT2D eigenvalue weighted by Crippen LogP contribution is -2.16. The Balaban J connectivity index is 2.19. The van der Waals surface area contributed by atoms with E-state index in [4.69, 9.17) is 0 Å². The molecule has 0 unspecified atom stereocenters. The van der Waals surface area contributed by atoms with Crippen molar-refractivity contribution in [2.45, 2.75) is 13.3 Å². The number of rotatable bonds is 5. The van der Waals surface area contributed by atoms with Crippen LogP contribution < -0.4 is 10.6 Å². The summed E-state index contributed by atoms with van der Waals surface area (Å²) in [6, 6.07) is 11.2. The van der Waals surface area contributed by atoms with Gasteiger partial charge in [-0.1, -0.05) is 19.1 Å². The number of anilines is 2. The molecular formula is C15H16IN3O. The summed E-state index contributed by atoms with van der Waals surface area (Å²) in [6.07, 6.45) is 2.66. The third-order valence-corrected chi connectivity index (χ3v) is 3.66. The average molecular weight is 381 g/mol. The lowest BCUT2D eigenvalue weighted by molar-refractivity contribution is 0.102. The zero-order valence-corrected chi connectivity index (χ0v) is 13.3. The van der Waals surface area contributed by atoms with Crippen molar-refractivity contribution in [1.82, 2.24) is 4.98 Å². The predicted octanol–water partition coefficient (Wildman–Crippen LogP) is 3.76. The first-order valence-corrected chi connectivity index (χ1v) is 7.55. The third-order valence-electron chi connectivity index (χ3n) is 2.72. The second-order valence-electron chi connectivity index (χ2n) is 4.26. The number of carbonyl (C=O) groups is 1. The van der Waals surface area contributed by atoms with Gasteiger partial charge in [-0.05, 0) is 53.3 Å². The van der Waals surface area contributed by atoms with E-state index >= 15 is 0 Å². The molecular weight excluding hydrogens is 365 g/mol. The molecule has 0 aliphatic heterocycles. The van der Waals surface area contributed by atoms with Crippen LogP contribution in [0.1, 0.15) is 23.7 Å². The number of nitrogens with zero attached hydrogens (tertiary/aromatic N) is 1. The summed E-state index contributed by atoms with van der Waals surface area (Å²) >= 11 is 2.20.